The van der Waals surface area contributed by atoms with Crippen LogP contribution in [0.2, 0.25) is 0 Å². The zero-order valence-electron chi connectivity index (χ0n) is 12.3. The number of pyridine rings is 1. The Kier molecular flexibility index (Phi) is 3.77. The summed E-state index contributed by atoms with van der Waals surface area (Å²) in [5, 5.41) is 5.56. The summed E-state index contributed by atoms with van der Waals surface area (Å²) in [5.74, 6) is 1.73. The molecule has 0 aliphatic carbocycles. The summed E-state index contributed by atoms with van der Waals surface area (Å²) in [4.78, 5) is 13.4. The van der Waals surface area contributed by atoms with Crippen LogP contribution in [0.5, 0.6) is 0 Å². The Bertz CT molecular complexity index is 762. The maximum Gasteiger partial charge on any atom is 0.131 e. The number of aryl methyl sites for hydroxylation is 1. The van der Waals surface area contributed by atoms with Gasteiger partial charge in [0.1, 0.15) is 11.6 Å². The van der Waals surface area contributed by atoms with Crippen molar-refractivity contribution in [1.82, 2.24) is 15.0 Å². The monoisotopic (exact) mass is 278 g/mol. The highest BCUT2D eigenvalue weighted by Crippen LogP contribution is 2.27. The third-order valence-corrected chi connectivity index (χ3v) is 3.41. The smallest absolute Gasteiger partial charge is 0.131 e. The molecule has 0 fully saturated rings. The highest BCUT2D eigenvalue weighted by atomic mass is 15.0. The summed E-state index contributed by atoms with van der Waals surface area (Å²) >= 11 is 0. The maximum atomic E-state index is 4.68. The van der Waals surface area contributed by atoms with Gasteiger partial charge < -0.3 is 5.32 Å². The molecule has 0 amide bonds. The second kappa shape index (κ2) is 5.87. The van der Waals surface area contributed by atoms with Gasteiger partial charge in [0, 0.05) is 42.4 Å². The average Bonchev–Trinajstić information content (AvgIpc) is 2.54. The fourth-order valence-corrected chi connectivity index (χ4v) is 2.40. The van der Waals surface area contributed by atoms with Crippen LogP contribution in [0.25, 0.3) is 22.0 Å². The average molecular weight is 278 g/mol. The van der Waals surface area contributed by atoms with Crippen LogP contribution in [0.3, 0.4) is 0 Å². The lowest BCUT2D eigenvalue weighted by molar-refractivity contribution is 0.940. The van der Waals surface area contributed by atoms with Crippen molar-refractivity contribution in [1.29, 1.82) is 0 Å². The van der Waals surface area contributed by atoms with Crippen molar-refractivity contribution in [2.75, 3.05) is 11.9 Å². The van der Waals surface area contributed by atoms with Gasteiger partial charge in [-0.2, -0.15) is 0 Å². The van der Waals surface area contributed by atoms with Crippen molar-refractivity contribution < 1.29 is 0 Å². The molecule has 3 rings (SSSR count). The Morgan fingerprint density at radius 1 is 1.10 bits per heavy atom. The molecule has 4 heteroatoms. The van der Waals surface area contributed by atoms with Crippen LogP contribution in [0.4, 0.5) is 5.82 Å². The summed E-state index contributed by atoms with van der Waals surface area (Å²) in [7, 11) is 0. The SMILES string of the molecule is CCNc1cc(-c2cccc3ccncc23)nc(CC)n1. The molecule has 0 atom stereocenters. The Morgan fingerprint density at radius 3 is 2.81 bits per heavy atom. The summed E-state index contributed by atoms with van der Waals surface area (Å²) in [5.41, 5.74) is 2.04. The molecule has 0 aliphatic heterocycles. The summed E-state index contributed by atoms with van der Waals surface area (Å²) in [6, 6.07) is 10.3. The first-order valence-electron chi connectivity index (χ1n) is 7.26. The molecule has 0 radical (unpaired) electrons. The summed E-state index contributed by atoms with van der Waals surface area (Å²) in [6.07, 6.45) is 4.52. The van der Waals surface area contributed by atoms with E-state index < -0.39 is 0 Å². The lowest BCUT2D eigenvalue weighted by Gasteiger charge is -2.10. The Labute approximate surface area is 124 Å². The minimum atomic E-state index is 0.815. The number of anilines is 1. The zero-order chi connectivity index (χ0) is 14.7. The number of nitrogens with one attached hydrogen (secondary N) is 1. The number of aromatic nitrogens is 3. The number of hydrogen-bond donors (Lipinski definition) is 1. The molecule has 0 aliphatic rings. The van der Waals surface area contributed by atoms with E-state index >= 15 is 0 Å². The molecule has 0 spiro atoms. The summed E-state index contributed by atoms with van der Waals surface area (Å²) in [6.45, 7) is 4.98. The second-order valence-corrected chi connectivity index (χ2v) is 4.84. The topological polar surface area (TPSA) is 50.7 Å². The second-order valence-electron chi connectivity index (χ2n) is 4.84. The predicted molar refractivity (Wildman–Crippen MR) is 86.3 cm³/mol. The maximum absolute atomic E-state index is 4.68. The minimum Gasteiger partial charge on any atom is -0.370 e. The van der Waals surface area contributed by atoms with Gasteiger partial charge in [-0.05, 0) is 18.4 Å². The van der Waals surface area contributed by atoms with Crippen LogP contribution in [0.15, 0.2) is 42.7 Å². The van der Waals surface area contributed by atoms with Gasteiger partial charge >= 0.3 is 0 Å². The number of hydrogen-bond acceptors (Lipinski definition) is 4. The van der Waals surface area contributed by atoms with Crippen LogP contribution in [-0.4, -0.2) is 21.5 Å². The molecule has 0 unspecified atom stereocenters. The largest absolute Gasteiger partial charge is 0.370 e. The van der Waals surface area contributed by atoms with E-state index in [2.05, 4.69) is 52.3 Å². The van der Waals surface area contributed by atoms with Gasteiger partial charge in [-0.3, -0.25) is 4.98 Å². The van der Waals surface area contributed by atoms with Crippen molar-refractivity contribution in [3.63, 3.8) is 0 Å². The normalized spacial score (nSPS) is 10.8. The van der Waals surface area contributed by atoms with Crippen LogP contribution in [0, 0.1) is 0 Å². The quantitative estimate of drug-likeness (QED) is 0.791. The van der Waals surface area contributed by atoms with Crippen molar-refractivity contribution in [3.8, 4) is 11.3 Å². The van der Waals surface area contributed by atoms with E-state index in [4.69, 9.17) is 0 Å². The van der Waals surface area contributed by atoms with Gasteiger partial charge in [0.15, 0.2) is 0 Å². The van der Waals surface area contributed by atoms with Crippen molar-refractivity contribution in [3.05, 3.63) is 48.5 Å². The standard InChI is InChI=1S/C17H18N4/c1-3-16-20-15(10-17(21-16)19-4-2)13-7-5-6-12-8-9-18-11-14(12)13/h5-11H,3-4H2,1-2H3,(H,19,20,21). The summed E-state index contributed by atoms with van der Waals surface area (Å²) < 4.78 is 0. The lowest BCUT2D eigenvalue weighted by atomic mass is 10.0. The number of benzene rings is 1. The fourth-order valence-electron chi connectivity index (χ4n) is 2.40. The molecule has 1 aromatic carbocycles. The van der Waals surface area contributed by atoms with E-state index in [-0.39, 0.29) is 0 Å². The fraction of sp³-hybridized carbons (Fsp3) is 0.235. The first kappa shape index (κ1) is 13.5. The highest BCUT2D eigenvalue weighted by molar-refractivity contribution is 5.95. The van der Waals surface area contributed by atoms with E-state index in [0.29, 0.717) is 0 Å². The van der Waals surface area contributed by atoms with E-state index in [1.807, 2.05) is 24.5 Å². The molecule has 2 aromatic heterocycles. The van der Waals surface area contributed by atoms with Crippen LogP contribution < -0.4 is 5.32 Å². The molecule has 2 heterocycles. The molecule has 0 saturated carbocycles. The molecular weight excluding hydrogens is 260 g/mol. The molecular formula is C17H18N4. The molecule has 4 nitrogen and oxygen atoms in total. The van der Waals surface area contributed by atoms with Gasteiger partial charge in [0.25, 0.3) is 0 Å². The molecule has 0 saturated heterocycles. The first-order chi connectivity index (χ1) is 10.3. The number of rotatable bonds is 4. The van der Waals surface area contributed by atoms with Crippen LogP contribution in [-0.2, 0) is 6.42 Å². The molecule has 1 N–H and O–H groups in total. The van der Waals surface area contributed by atoms with Gasteiger partial charge in [-0.25, -0.2) is 9.97 Å². The van der Waals surface area contributed by atoms with Gasteiger partial charge in [-0.1, -0.05) is 25.1 Å². The third-order valence-electron chi connectivity index (χ3n) is 3.41. The van der Waals surface area contributed by atoms with Crippen molar-refractivity contribution in [2.24, 2.45) is 0 Å². The van der Waals surface area contributed by atoms with Gasteiger partial charge in [0.2, 0.25) is 0 Å². The van der Waals surface area contributed by atoms with E-state index in [9.17, 15) is 0 Å². The molecule has 21 heavy (non-hydrogen) atoms. The molecule has 0 bridgehead atoms. The highest BCUT2D eigenvalue weighted by Gasteiger charge is 2.08. The third kappa shape index (κ3) is 2.70. The zero-order valence-corrected chi connectivity index (χ0v) is 12.3. The van der Waals surface area contributed by atoms with Crippen molar-refractivity contribution in [2.45, 2.75) is 20.3 Å². The predicted octanol–water partition coefficient (Wildman–Crippen LogP) is 3.69. The van der Waals surface area contributed by atoms with E-state index in [1.54, 1.807) is 0 Å². The minimum absolute atomic E-state index is 0.815. The van der Waals surface area contributed by atoms with Crippen LogP contribution >= 0.6 is 0 Å². The Morgan fingerprint density at radius 2 is 2.00 bits per heavy atom. The van der Waals surface area contributed by atoms with E-state index in [1.165, 1.54) is 5.39 Å². The Hall–Kier alpha value is -2.49. The van der Waals surface area contributed by atoms with E-state index in [0.717, 1.165) is 41.3 Å². The molecule has 3 aromatic rings. The first-order valence-corrected chi connectivity index (χ1v) is 7.26. The number of fused-ring (bicyclic) bond motifs is 1. The molecule has 106 valence electrons. The van der Waals surface area contributed by atoms with Gasteiger partial charge in [-0.15, -0.1) is 0 Å². The Balaban J connectivity index is 2.20. The van der Waals surface area contributed by atoms with Gasteiger partial charge in [0.05, 0.1) is 5.69 Å². The van der Waals surface area contributed by atoms with Crippen molar-refractivity contribution >= 4 is 16.6 Å². The van der Waals surface area contributed by atoms with Crippen LogP contribution in [0.1, 0.15) is 19.7 Å². The lowest BCUT2D eigenvalue weighted by Crippen LogP contribution is -2.04. The number of nitrogens with zero attached hydrogens (tertiary/aromatic N) is 3.